The Hall–Kier alpha value is -1.69. The molecule has 0 fully saturated rings. The van der Waals surface area contributed by atoms with Crippen LogP contribution in [0.2, 0.25) is 0 Å². The number of nitrogens with one attached hydrogen (secondary N) is 1. The Morgan fingerprint density at radius 3 is 2.71 bits per heavy atom. The summed E-state index contributed by atoms with van der Waals surface area (Å²) in [6.45, 7) is 2.64. The highest BCUT2D eigenvalue weighted by Crippen LogP contribution is 2.23. The molecule has 0 unspecified atom stereocenters. The Morgan fingerprint density at radius 1 is 1.24 bits per heavy atom. The zero-order chi connectivity index (χ0) is 15.2. The lowest BCUT2D eigenvalue weighted by atomic mass is 10.2. The Bertz CT molecular complexity index is 623. The quantitative estimate of drug-likeness (QED) is 0.825. The van der Waals surface area contributed by atoms with Gasteiger partial charge < -0.3 is 10.1 Å². The average Bonchev–Trinajstić information content (AvgIpc) is 2.47. The van der Waals surface area contributed by atoms with Gasteiger partial charge in [0.2, 0.25) is 0 Å². The van der Waals surface area contributed by atoms with Crippen molar-refractivity contribution >= 4 is 21.7 Å². The minimum absolute atomic E-state index is 0.000349. The molecule has 0 atom stereocenters. The van der Waals surface area contributed by atoms with E-state index < -0.39 is 11.6 Å². The minimum atomic E-state index is -0.818. The first-order valence-corrected chi connectivity index (χ1v) is 7.37. The van der Waals surface area contributed by atoms with Gasteiger partial charge in [0.05, 0.1) is 0 Å². The molecule has 21 heavy (non-hydrogen) atoms. The number of aromatic nitrogens is 1. The van der Waals surface area contributed by atoms with Crippen molar-refractivity contribution < 1.29 is 13.5 Å². The zero-order valence-electron chi connectivity index (χ0n) is 11.5. The summed E-state index contributed by atoms with van der Waals surface area (Å²) >= 11 is 3.38. The highest BCUT2D eigenvalue weighted by molar-refractivity contribution is 9.10. The van der Waals surface area contributed by atoms with Crippen LogP contribution in [0.15, 0.2) is 34.8 Å². The first-order valence-electron chi connectivity index (χ1n) is 6.58. The molecule has 0 saturated heterocycles. The molecule has 0 saturated carbocycles. The summed E-state index contributed by atoms with van der Waals surface area (Å²) in [7, 11) is 0. The van der Waals surface area contributed by atoms with E-state index in [9.17, 15) is 8.78 Å². The number of pyridine rings is 1. The number of ether oxygens (including phenoxy) is 1. The van der Waals surface area contributed by atoms with Crippen LogP contribution in [0.25, 0.3) is 0 Å². The number of nitrogens with zero attached hydrogens (tertiary/aromatic N) is 1. The summed E-state index contributed by atoms with van der Waals surface area (Å²) in [4.78, 5) is 3.86. The predicted molar refractivity (Wildman–Crippen MR) is 81.4 cm³/mol. The van der Waals surface area contributed by atoms with E-state index in [4.69, 9.17) is 4.74 Å². The fraction of sp³-hybridized carbons (Fsp3) is 0.267. The van der Waals surface area contributed by atoms with Crippen LogP contribution in [-0.2, 0) is 6.61 Å². The molecule has 0 aliphatic heterocycles. The highest BCUT2D eigenvalue weighted by Gasteiger charge is 2.13. The number of hydrogen-bond donors (Lipinski definition) is 1. The second-order valence-electron chi connectivity index (χ2n) is 4.41. The number of halogens is 3. The SMILES string of the molecule is CCCNc1nc(OCc2ccccc2Br)c(F)cc1F. The van der Waals surface area contributed by atoms with Crippen molar-refractivity contribution in [2.75, 3.05) is 11.9 Å². The molecule has 0 spiro atoms. The monoisotopic (exact) mass is 356 g/mol. The molecule has 1 heterocycles. The molecular formula is C15H15BrF2N2O. The zero-order valence-corrected chi connectivity index (χ0v) is 13.1. The van der Waals surface area contributed by atoms with Gasteiger partial charge in [0.25, 0.3) is 5.88 Å². The van der Waals surface area contributed by atoms with Crippen molar-refractivity contribution in [3.05, 3.63) is 52.0 Å². The summed E-state index contributed by atoms with van der Waals surface area (Å²) in [5, 5.41) is 2.80. The normalized spacial score (nSPS) is 10.5. The van der Waals surface area contributed by atoms with Gasteiger partial charge in [-0.2, -0.15) is 4.98 Å². The van der Waals surface area contributed by atoms with Crippen LogP contribution in [0, 0.1) is 11.6 Å². The van der Waals surface area contributed by atoms with E-state index in [0.29, 0.717) is 6.54 Å². The van der Waals surface area contributed by atoms with Crippen molar-refractivity contribution in [2.45, 2.75) is 20.0 Å². The van der Waals surface area contributed by atoms with Gasteiger partial charge in [0, 0.05) is 22.6 Å². The second kappa shape index (κ2) is 7.36. The van der Waals surface area contributed by atoms with Crippen LogP contribution < -0.4 is 10.1 Å². The molecule has 1 aromatic carbocycles. The predicted octanol–water partition coefficient (Wildman–Crippen LogP) is 4.52. The molecule has 1 N–H and O–H groups in total. The lowest BCUT2D eigenvalue weighted by Crippen LogP contribution is -2.08. The number of hydrogen-bond acceptors (Lipinski definition) is 3. The standard InChI is InChI=1S/C15H15BrF2N2O/c1-2-7-19-14-12(17)8-13(18)15(20-14)21-9-10-5-3-4-6-11(10)16/h3-6,8H,2,7,9H2,1H3,(H,19,20). The summed E-state index contributed by atoms with van der Waals surface area (Å²) in [6, 6.07) is 8.21. The van der Waals surface area contributed by atoms with Crippen LogP contribution in [0.1, 0.15) is 18.9 Å². The first kappa shape index (κ1) is 15.7. The molecule has 0 aliphatic carbocycles. The van der Waals surface area contributed by atoms with E-state index in [0.717, 1.165) is 22.5 Å². The molecule has 0 amide bonds. The minimum Gasteiger partial charge on any atom is -0.471 e. The van der Waals surface area contributed by atoms with Crippen molar-refractivity contribution in [2.24, 2.45) is 0 Å². The second-order valence-corrected chi connectivity index (χ2v) is 5.27. The molecule has 0 bridgehead atoms. The molecule has 2 rings (SSSR count). The maximum atomic E-state index is 13.7. The third-order valence-electron chi connectivity index (χ3n) is 2.76. The molecule has 1 aromatic heterocycles. The smallest absolute Gasteiger partial charge is 0.252 e. The molecule has 6 heteroatoms. The van der Waals surface area contributed by atoms with Gasteiger partial charge in [0.1, 0.15) is 6.61 Å². The Balaban J connectivity index is 2.14. The third kappa shape index (κ3) is 4.14. The Labute approximate surface area is 130 Å². The van der Waals surface area contributed by atoms with Gasteiger partial charge in [-0.1, -0.05) is 41.1 Å². The van der Waals surface area contributed by atoms with E-state index >= 15 is 0 Å². The molecule has 2 aromatic rings. The van der Waals surface area contributed by atoms with Crippen molar-refractivity contribution in [3.8, 4) is 5.88 Å². The number of benzene rings is 1. The van der Waals surface area contributed by atoms with Gasteiger partial charge in [-0.3, -0.25) is 0 Å². The van der Waals surface area contributed by atoms with Crippen LogP contribution in [-0.4, -0.2) is 11.5 Å². The van der Waals surface area contributed by atoms with E-state index in [-0.39, 0.29) is 18.3 Å². The lowest BCUT2D eigenvalue weighted by Gasteiger charge is -2.11. The van der Waals surface area contributed by atoms with Crippen molar-refractivity contribution in [1.82, 2.24) is 4.98 Å². The summed E-state index contributed by atoms with van der Waals surface area (Å²) < 4.78 is 33.5. The Kier molecular flexibility index (Phi) is 5.50. The maximum Gasteiger partial charge on any atom is 0.252 e. The Morgan fingerprint density at radius 2 is 2.00 bits per heavy atom. The lowest BCUT2D eigenvalue weighted by molar-refractivity contribution is 0.275. The van der Waals surface area contributed by atoms with Gasteiger partial charge >= 0.3 is 0 Å². The van der Waals surface area contributed by atoms with Crippen LogP contribution in [0.4, 0.5) is 14.6 Å². The van der Waals surface area contributed by atoms with E-state index in [1.165, 1.54) is 0 Å². The summed E-state index contributed by atoms with van der Waals surface area (Å²) in [5.41, 5.74) is 0.853. The van der Waals surface area contributed by atoms with Crippen molar-refractivity contribution in [3.63, 3.8) is 0 Å². The molecular weight excluding hydrogens is 342 g/mol. The molecule has 112 valence electrons. The summed E-state index contributed by atoms with van der Waals surface area (Å²) in [5.74, 6) is -1.76. The number of rotatable bonds is 6. The van der Waals surface area contributed by atoms with E-state index in [1.54, 1.807) is 0 Å². The van der Waals surface area contributed by atoms with Gasteiger partial charge in [-0.05, 0) is 12.5 Å². The fourth-order valence-electron chi connectivity index (χ4n) is 1.68. The third-order valence-corrected chi connectivity index (χ3v) is 3.54. The van der Waals surface area contributed by atoms with Crippen LogP contribution in [0.5, 0.6) is 5.88 Å². The molecule has 3 nitrogen and oxygen atoms in total. The maximum absolute atomic E-state index is 13.7. The average molecular weight is 357 g/mol. The highest BCUT2D eigenvalue weighted by atomic mass is 79.9. The summed E-state index contributed by atoms with van der Waals surface area (Å²) in [6.07, 6.45) is 0.811. The van der Waals surface area contributed by atoms with Gasteiger partial charge in [-0.15, -0.1) is 0 Å². The topological polar surface area (TPSA) is 34.2 Å². The molecule has 0 aliphatic rings. The van der Waals surface area contributed by atoms with E-state index in [2.05, 4.69) is 26.2 Å². The van der Waals surface area contributed by atoms with Crippen LogP contribution >= 0.6 is 15.9 Å². The number of anilines is 1. The largest absolute Gasteiger partial charge is 0.471 e. The van der Waals surface area contributed by atoms with E-state index in [1.807, 2.05) is 31.2 Å². The van der Waals surface area contributed by atoms with Gasteiger partial charge in [-0.25, -0.2) is 8.78 Å². The molecule has 0 radical (unpaired) electrons. The van der Waals surface area contributed by atoms with Crippen LogP contribution in [0.3, 0.4) is 0 Å². The first-order chi connectivity index (χ1) is 10.1. The van der Waals surface area contributed by atoms with Gasteiger partial charge in [0.15, 0.2) is 17.5 Å². The van der Waals surface area contributed by atoms with Crippen molar-refractivity contribution in [1.29, 1.82) is 0 Å². The fourth-order valence-corrected chi connectivity index (χ4v) is 2.08.